The first-order chi connectivity index (χ1) is 12.4. The average Bonchev–Trinajstić information content (AvgIpc) is 3.11. The molecule has 0 radical (unpaired) electrons. The lowest BCUT2D eigenvalue weighted by Crippen LogP contribution is -2.31. The Morgan fingerprint density at radius 1 is 0.920 bits per heavy atom. The molecular weight excluding hydrogens is 326 g/mol. The summed E-state index contributed by atoms with van der Waals surface area (Å²) in [5.41, 5.74) is 2.58. The summed E-state index contributed by atoms with van der Waals surface area (Å²) in [5.74, 6) is 0.974. The van der Waals surface area contributed by atoms with Gasteiger partial charge >= 0.3 is 0 Å². The minimum atomic E-state index is 0.803. The Hall–Kier alpha value is -1.84. The van der Waals surface area contributed by atoms with Gasteiger partial charge in [-0.2, -0.15) is 0 Å². The molecule has 130 valence electrons. The minimum absolute atomic E-state index is 0.803. The summed E-state index contributed by atoms with van der Waals surface area (Å²) in [5, 5.41) is 3.58. The largest absolute Gasteiger partial charge is 0.494 e. The molecule has 1 aromatic heterocycles. The Morgan fingerprint density at radius 2 is 1.72 bits per heavy atom. The topological polar surface area (TPSA) is 12.5 Å². The molecule has 2 heterocycles. The van der Waals surface area contributed by atoms with Gasteiger partial charge in [0.2, 0.25) is 0 Å². The average molecular weight is 352 g/mol. The first-order valence-electron chi connectivity index (χ1n) is 9.32. The molecule has 2 nitrogen and oxygen atoms in total. The second-order valence-electron chi connectivity index (χ2n) is 6.77. The molecule has 0 amide bonds. The summed E-state index contributed by atoms with van der Waals surface area (Å²) in [6, 6.07) is 17.1. The number of ether oxygens (including phenoxy) is 1. The quantitative estimate of drug-likeness (QED) is 0.519. The van der Waals surface area contributed by atoms with E-state index in [4.69, 9.17) is 4.74 Å². The van der Waals surface area contributed by atoms with Gasteiger partial charge in [0, 0.05) is 22.2 Å². The third-order valence-corrected chi connectivity index (χ3v) is 5.95. The van der Waals surface area contributed by atoms with Crippen LogP contribution in [0.3, 0.4) is 0 Å². The van der Waals surface area contributed by atoms with E-state index in [0.717, 1.165) is 18.8 Å². The molecule has 3 aromatic rings. The maximum atomic E-state index is 5.93. The lowest BCUT2D eigenvalue weighted by Gasteiger charge is -2.26. The molecule has 1 fully saturated rings. The second-order valence-corrected chi connectivity index (χ2v) is 7.69. The molecule has 0 aliphatic carbocycles. The Balaban J connectivity index is 1.32. The van der Waals surface area contributed by atoms with Crippen molar-refractivity contribution in [3.05, 3.63) is 53.9 Å². The van der Waals surface area contributed by atoms with Gasteiger partial charge in [-0.25, -0.2) is 0 Å². The SMILES string of the molecule is c1ccc2c(-c3ccc(OCCCN4CCCCC4)cc3)csc2c1. The van der Waals surface area contributed by atoms with E-state index < -0.39 is 0 Å². The van der Waals surface area contributed by atoms with Crippen LogP contribution in [0, 0.1) is 0 Å². The van der Waals surface area contributed by atoms with Gasteiger partial charge in [-0.15, -0.1) is 11.3 Å². The summed E-state index contributed by atoms with van der Waals surface area (Å²) < 4.78 is 7.28. The Labute approximate surface area is 154 Å². The van der Waals surface area contributed by atoms with Gasteiger partial charge in [0.1, 0.15) is 5.75 Å². The molecule has 3 heteroatoms. The highest BCUT2D eigenvalue weighted by Gasteiger charge is 2.09. The molecular formula is C22H25NOS. The number of hydrogen-bond acceptors (Lipinski definition) is 3. The monoisotopic (exact) mass is 351 g/mol. The molecule has 0 unspecified atom stereocenters. The number of nitrogens with zero attached hydrogens (tertiary/aromatic N) is 1. The van der Waals surface area contributed by atoms with Gasteiger partial charge in [-0.1, -0.05) is 36.8 Å². The number of likely N-dealkylation sites (tertiary alicyclic amines) is 1. The Kier molecular flexibility index (Phi) is 5.34. The van der Waals surface area contributed by atoms with Gasteiger partial charge in [-0.05, 0) is 61.5 Å². The summed E-state index contributed by atoms with van der Waals surface area (Å²) in [6.07, 6.45) is 5.23. The third-order valence-electron chi connectivity index (χ3n) is 4.98. The van der Waals surface area contributed by atoms with Crippen molar-refractivity contribution in [3.8, 4) is 16.9 Å². The molecule has 0 saturated carbocycles. The van der Waals surface area contributed by atoms with E-state index in [9.17, 15) is 0 Å². The van der Waals surface area contributed by atoms with Crippen LogP contribution in [0.2, 0.25) is 0 Å². The fraction of sp³-hybridized carbons (Fsp3) is 0.364. The highest BCUT2D eigenvalue weighted by Crippen LogP contribution is 2.34. The number of hydrogen-bond donors (Lipinski definition) is 0. The molecule has 25 heavy (non-hydrogen) atoms. The molecule has 2 aromatic carbocycles. The van der Waals surface area contributed by atoms with Crippen molar-refractivity contribution in [2.45, 2.75) is 25.7 Å². The van der Waals surface area contributed by atoms with E-state index in [1.165, 1.54) is 60.1 Å². The molecule has 1 saturated heterocycles. The minimum Gasteiger partial charge on any atom is -0.494 e. The van der Waals surface area contributed by atoms with Crippen molar-refractivity contribution >= 4 is 21.4 Å². The predicted molar refractivity (Wildman–Crippen MR) is 108 cm³/mol. The van der Waals surface area contributed by atoms with Gasteiger partial charge in [0.15, 0.2) is 0 Å². The number of piperidine rings is 1. The van der Waals surface area contributed by atoms with Gasteiger partial charge < -0.3 is 9.64 Å². The molecule has 1 aliphatic rings. The lowest BCUT2D eigenvalue weighted by atomic mass is 10.0. The highest BCUT2D eigenvalue weighted by molar-refractivity contribution is 7.17. The van der Waals surface area contributed by atoms with Crippen molar-refractivity contribution in [1.29, 1.82) is 0 Å². The van der Waals surface area contributed by atoms with Crippen LogP contribution < -0.4 is 4.74 Å². The maximum Gasteiger partial charge on any atom is 0.119 e. The number of rotatable bonds is 6. The first kappa shape index (κ1) is 16.6. The van der Waals surface area contributed by atoms with E-state index >= 15 is 0 Å². The van der Waals surface area contributed by atoms with E-state index in [1.54, 1.807) is 0 Å². The number of thiophene rings is 1. The van der Waals surface area contributed by atoms with Crippen molar-refractivity contribution in [3.63, 3.8) is 0 Å². The second kappa shape index (κ2) is 8.03. The number of fused-ring (bicyclic) bond motifs is 1. The van der Waals surface area contributed by atoms with E-state index in [-0.39, 0.29) is 0 Å². The Bertz CT molecular complexity index is 802. The summed E-state index contributed by atoms with van der Waals surface area (Å²) in [7, 11) is 0. The van der Waals surface area contributed by atoms with E-state index in [2.05, 4.69) is 58.8 Å². The van der Waals surface area contributed by atoms with Crippen molar-refractivity contribution < 1.29 is 4.74 Å². The maximum absolute atomic E-state index is 5.93. The van der Waals surface area contributed by atoms with Gasteiger partial charge in [-0.3, -0.25) is 0 Å². The number of benzene rings is 2. The zero-order chi connectivity index (χ0) is 16.9. The fourth-order valence-corrected chi connectivity index (χ4v) is 4.56. The smallest absolute Gasteiger partial charge is 0.119 e. The third kappa shape index (κ3) is 4.05. The van der Waals surface area contributed by atoms with E-state index in [0.29, 0.717) is 0 Å². The van der Waals surface area contributed by atoms with Crippen LogP contribution in [0.25, 0.3) is 21.2 Å². The lowest BCUT2D eigenvalue weighted by molar-refractivity contribution is 0.205. The predicted octanol–water partition coefficient (Wildman–Crippen LogP) is 5.82. The summed E-state index contributed by atoms with van der Waals surface area (Å²) >= 11 is 1.81. The van der Waals surface area contributed by atoms with Crippen molar-refractivity contribution in [2.24, 2.45) is 0 Å². The zero-order valence-corrected chi connectivity index (χ0v) is 15.4. The Morgan fingerprint density at radius 3 is 2.56 bits per heavy atom. The van der Waals surface area contributed by atoms with Crippen LogP contribution in [0.4, 0.5) is 0 Å². The van der Waals surface area contributed by atoms with Crippen LogP contribution in [0.5, 0.6) is 5.75 Å². The molecule has 0 atom stereocenters. The molecule has 1 aliphatic heterocycles. The zero-order valence-electron chi connectivity index (χ0n) is 14.6. The summed E-state index contributed by atoms with van der Waals surface area (Å²) in [4.78, 5) is 2.57. The van der Waals surface area contributed by atoms with Crippen molar-refractivity contribution in [1.82, 2.24) is 4.90 Å². The van der Waals surface area contributed by atoms with Crippen LogP contribution in [-0.4, -0.2) is 31.1 Å². The van der Waals surface area contributed by atoms with Gasteiger partial charge in [0.25, 0.3) is 0 Å². The molecule has 0 spiro atoms. The molecule has 0 N–H and O–H groups in total. The van der Waals surface area contributed by atoms with Crippen LogP contribution >= 0.6 is 11.3 Å². The summed E-state index contributed by atoms with van der Waals surface area (Å²) in [6.45, 7) is 4.50. The highest BCUT2D eigenvalue weighted by atomic mass is 32.1. The fourth-order valence-electron chi connectivity index (χ4n) is 3.59. The van der Waals surface area contributed by atoms with Crippen molar-refractivity contribution in [2.75, 3.05) is 26.2 Å². The van der Waals surface area contributed by atoms with Crippen LogP contribution in [0.1, 0.15) is 25.7 Å². The first-order valence-corrected chi connectivity index (χ1v) is 10.2. The molecule has 4 rings (SSSR count). The van der Waals surface area contributed by atoms with E-state index in [1.807, 2.05) is 11.3 Å². The standard InChI is InChI=1S/C22H25NOS/c1-4-13-23(14-5-1)15-6-16-24-19-11-9-18(10-12-19)21-17-25-22-8-3-2-7-20(21)22/h2-3,7-12,17H,1,4-6,13-16H2. The van der Waals surface area contributed by atoms with Crippen LogP contribution in [0.15, 0.2) is 53.9 Å². The van der Waals surface area contributed by atoms with Gasteiger partial charge in [0.05, 0.1) is 6.61 Å². The van der Waals surface area contributed by atoms with Crippen LogP contribution in [-0.2, 0) is 0 Å². The molecule has 0 bridgehead atoms. The normalized spacial score (nSPS) is 15.5.